The van der Waals surface area contributed by atoms with E-state index in [9.17, 15) is 4.79 Å². The Labute approximate surface area is 105 Å². The number of amides is 1. The molecule has 1 saturated heterocycles. The van der Waals surface area contributed by atoms with E-state index in [2.05, 4.69) is 0 Å². The third-order valence-corrected chi connectivity index (χ3v) is 3.48. The van der Waals surface area contributed by atoms with Crippen LogP contribution in [-0.4, -0.2) is 36.7 Å². The van der Waals surface area contributed by atoms with E-state index in [1.165, 1.54) is 0 Å². The second-order valence-electron chi connectivity index (χ2n) is 3.99. The van der Waals surface area contributed by atoms with E-state index in [0.29, 0.717) is 12.3 Å². The zero-order chi connectivity index (χ0) is 12.4. The van der Waals surface area contributed by atoms with Crippen LogP contribution < -0.4 is 9.64 Å². The number of nitrogens with zero attached hydrogens (tertiary/aromatic N) is 1. The molecule has 1 aromatic rings. The van der Waals surface area contributed by atoms with Gasteiger partial charge < -0.3 is 14.7 Å². The van der Waals surface area contributed by atoms with E-state index >= 15 is 0 Å². The molecule has 92 valence electrons. The van der Waals surface area contributed by atoms with Gasteiger partial charge in [0.1, 0.15) is 11.1 Å². The van der Waals surface area contributed by atoms with Gasteiger partial charge in [0.2, 0.25) is 5.91 Å². The summed E-state index contributed by atoms with van der Waals surface area (Å²) in [4.78, 5) is 13.5. The largest absolute Gasteiger partial charge is 0.497 e. The van der Waals surface area contributed by atoms with Gasteiger partial charge in [-0.15, -0.1) is 11.6 Å². The van der Waals surface area contributed by atoms with Crippen LogP contribution in [-0.2, 0) is 4.79 Å². The van der Waals surface area contributed by atoms with Crippen LogP contribution in [0.1, 0.15) is 0 Å². The van der Waals surface area contributed by atoms with Crippen LogP contribution in [0.4, 0.5) is 5.69 Å². The number of methoxy groups -OCH3 is 1. The maximum atomic E-state index is 11.9. The number of rotatable bonds is 3. The molecule has 1 aromatic carbocycles. The standard InChI is InChI=1S/C12H14ClNO3/c1-17-10-4-2-3-9(5-10)14-6-8(7-15)11(13)12(14)16/h2-5,8,11,15H,6-7H2,1H3. The van der Waals surface area contributed by atoms with Crippen LogP contribution in [0, 0.1) is 5.92 Å². The van der Waals surface area contributed by atoms with E-state index in [-0.39, 0.29) is 18.4 Å². The number of benzene rings is 1. The van der Waals surface area contributed by atoms with E-state index < -0.39 is 5.38 Å². The highest BCUT2D eigenvalue weighted by molar-refractivity contribution is 6.34. The molecule has 1 aliphatic rings. The number of halogens is 1. The minimum absolute atomic E-state index is 0.0830. The van der Waals surface area contributed by atoms with Crippen molar-refractivity contribution in [3.8, 4) is 5.75 Å². The number of hydrogen-bond acceptors (Lipinski definition) is 3. The van der Waals surface area contributed by atoms with Gasteiger partial charge in [0.25, 0.3) is 0 Å². The number of anilines is 1. The molecule has 1 aliphatic heterocycles. The zero-order valence-electron chi connectivity index (χ0n) is 9.47. The summed E-state index contributed by atoms with van der Waals surface area (Å²) in [6.07, 6.45) is 0. The van der Waals surface area contributed by atoms with Gasteiger partial charge in [-0.05, 0) is 12.1 Å². The van der Waals surface area contributed by atoms with Crippen LogP contribution in [0.25, 0.3) is 0 Å². The second-order valence-corrected chi connectivity index (χ2v) is 4.46. The number of carbonyl (C=O) groups is 1. The summed E-state index contributed by atoms with van der Waals surface area (Å²) < 4.78 is 5.11. The van der Waals surface area contributed by atoms with Crippen LogP contribution in [0.2, 0.25) is 0 Å². The molecule has 2 atom stereocenters. The Balaban J connectivity index is 2.25. The fraction of sp³-hybridized carbons (Fsp3) is 0.417. The molecule has 0 saturated carbocycles. The quantitative estimate of drug-likeness (QED) is 0.828. The number of carbonyl (C=O) groups excluding carboxylic acids is 1. The van der Waals surface area contributed by atoms with Gasteiger partial charge in [0, 0.05) is 30.8 Å². The fourth-order valence-electron chi connectivity index (χ4n) is 1.93. The minimum atomic E-state index is -0.647. The van der Waals surface area contributed by atoms with Crippen molar-refractivity contribution >= 4 is 23.2 Å². The SMILES string of the molecule is COc1cccc(N2CC(CO)C(Cl)C2=O)c1. The molecule has 0 aliphatic carbocycles. The first-order chi connectivity index (χ1) is 8.17. The predicted molar refractivity (Wildman–Crippen MR) is 65.6 cm³/mol. The van der Waals surface area contributed by atoms with E-state index in [1.807, 2.05) is 18.2 Å². The normalized spacial score (nSPS) is 24.2. The third-order valence-electron chi connectivity index (χ3n) is 2.93. The lowest BCUT2D eigenvalue weighted by atomic mass is 10.1. The maximum Gasteiger partial charge on any atom is 0.245 e. The van der Waals surface area contributed by atoms with Gasteiger partial charge in [0.15, 0.2) is 0 Å². The molecular formula is C12H14ClNO3. The van der Waals surface area contributed by atoms with Crippen molar-refractivity contribution in [3.63, 3.8) is 0 Å². The first-order valence-corrected chi connectivity index (χ1v) is 5.81. The smallest absolute Gasteiger partial charge is 0.245 e. The lowest BCUT2D eigenvalue weighted by molar-refractivity contribution is -0.117. The molecule has 1 N–H and O–H groups in total. The molecule has 0 radical (unpaired) electrons. The van der Waals surface area contributed by atoms with Crippen LogP contribution >= 0.6 is 11.6 Å². The second kappa shape index (κ2) is 4.94. The summed E-state index contributed by atoms with van der Waals surface area (Å²) in [5, 5.41) is 8.48. The van der Waals surface area contributed by atoms with Gasteiger partial charge in [-0.2, -0.15) is 0 Å². The molecule has 2 unspecified atom stereocenters. The van der Waals surface area contributed by atoms with Gasteiger partial charge in [-0.1, -0.05) is 6.07 Å². The molecule has 1 heterocycles. The van der Waals surface area contributed by atoms with Gasteiger partial charge in [0.05, 0.1) is 7.11 Å². The monoisotopic (exact) mass is 255 g/mol. The van der Waals surface area contributed by atoms with Crippen LogP contribution in [0.15, 0.2) is 24.3 Å². The Bertz CT molecular complexity index is 424. The van der Waals surface area contributed by atoms with E-state index in [4.69, 9.17) is 21.4 Å². The third kappa shape index (κ3) is 2.23. The topological polar surface area (TPSA) is 49.8 Å². The summed E-state index contributed by atoms with van der Waals surface area (Å²) >= 11 is 5.96. The Morgan fingerprint density at radius 1 is 1.59 bits per heavy atom. The van der Waals surface area contributed by atoms with Crippen molar-refractivity contribution in [3.05, 3.63) is 24.3 Å². The van der Waals surface area contributed by atoms with Crippen LogP contribution in [0.3, 0.4) is 0 Å². The molecule has 1 fully saturated rings. The molecule has 5 heteroatoms. The van der Waals surface area contributed by atoms with Crippen molar-refractivity contribution < 1.29 is 14.6 Å². The van der Waals surface area contributed by atoms with Crippen molar-refractivity contribution in [1.82, 2.24) is 0 Å². The highest BCUT2D eigenvalue weighted by Gasteiger charge is 2.39. The van der Waals surface area contributed by atoms with Crippen molar-refractivity contribution in [2.75, 3.05) is 25.2 Å². The first-order valence-electron chi connectivity index (χ1n) is 5.37. The molecule has 0 bridgehead atoms. The fourth-order valence-corrected chi connectivity index (χ4v) is 2.21. The minimum Gasteiger partial charge on any atom is -0.497 e. The number of aliphatic hydroxyl groups is 1. The summed E-state index contributed by atoms with van der Waals surface area (Å²) in [7, 11) is 1.58. The molecular weight excluding hydrogens is 242 g/mol. The summed E-state index contributed by atoms with van der Waals surface area (Å²) in [5.41, 5.74) is 0.746. The molecule has 2 rings (SSSR count). The number of hydrogen-bond donors (Lipinski definition) is 1. The number of aliphatic hydroxyl groups excluding tert-OH is 1. The first kappa shape index (κ1) is 12.2. The average Bonchev–Trinajstić information content (AvgIpc) is 2.66. The van der Waals surface area contributed by atoms with E-state index in [1.54, 1.807) is 18.1 Å². The highest BCUT2D eigenvalue weighted by atomic mass is 35.5. The Morgan fingerprint density at radius 3 is 2.94 bits per heavy atom. The Morgan fingerprint density at radius 2 is 2.35 bits per heavy atom. The lowest BCUT2D eigenvalue weighted by Gasteiger charge is -2.16. The summed E-state index contributed by atoms with van der Waals surface area (Å²) in [6.45, 7) is 0.358. The van der Waals surface area contributed by atoms with Crippen molar-refractivity contribution in [2.45, 2.75) is 5.38 Å². The van der Waals surface area contributed by atoms with Gasteiger partial charge in [-0.25, -0.2) is 0 Å². The Hall–Kier alpha value is -1.26. The summed E-state index contributed by atoms with van der Waals surface area (Å²) in [6, 6.07) is 7.23. The molecule has 0 aromatic heterocycles. The average molecular weight is 256 g/mol. The number of ether oxygens (including phenoxy) is 1. The zero-order valence-corrected chi connectivity index (χ0v) is 10.2. The van der Waals surface area contributed by atoms with Crippen LogP contribution in [0.5, 0.6) is 5.75 Å². The lowest BCUT2D eigenvalue weighted by Crippen LogP contribution is -2.27. The molecule has 17 heavy (non-hydrogen) atoms. The maximum absolute atomic E-state index is 11.9. The van der Waals surface area contributed by atoms with Crippen molar-refractivity contribution in [2.24, 2.45) is 5.92 Å². The number of alkyl halides is 1. The predicted octanol–water partition coefficient (Wildman–Crippen LogP) is 1.26. The van der Waals surface area contributed by atoms with Gasteiger partial charge in [-0.3, -0.25) is 4.79 Å². The molecule has 0 spiro atoms. The molecule has 4 nitrogen and oxygen atoms in total. The van der Waals surface area contributed by atoms with Crippen molar-refractivity contribution in [1.29, 1.82) is 0 Å². The highest BCUT2D eigenvalue weighted by Crippen LogP contribution is 2.30. The summed E-state index contributed by atoms with van der Waals surface area (Å²) in [5.74, 6) is 0.309. The van der Waals surface area contributed by atoms with Gasteiger partial charge >= 0.3 is 0 Å². The Kier molecular flexibility index (Phi) is 3.54. The van der Waals surface area contributed by atoms with E-state index in [0.717, 1.165) is 5.69 Å². The molecule has 1 amide bonds.